The summed E-state index contributed by atoms with van der Waals surface area (Å²) in [6, 6.07) is 73.1. The lowest BCUT2D eigenvalue weighted by atomic mass is 9.82. The van der Waals surface area contributed by atoms with Gasteiger partial charge in [-0.05, 0) is 105 Å². The van der Waals surface area contributed by atoms with Crippen molar-refractivity contribution in [1.29, 1.82) is 0 Å². The van der Waals surface area contributed by atoms with E-state index >= 15 is 0 Å². The molecule has 1 aliphatic rings. The van der Waals surface area contributed by atoms with E-state index in [-0.39, 0.29) is 5.41 Å². The van der Waals surface area contributed by atoms with E-state index in [9.17, 15) is 0 Å². The molecule has 0 bridgehead atoms. The Morgan fingerprint density at radius 1 is 0.417 bits per heavy atom. The van der Waals surface area contributed by atoms with Crippen LogP contribution in [-0.2, 0) is 5.41 Å². The SMILES string of the molecule is CC1(C)c2ccc(N(c3ccc4sc5cc(-c6ccccc6)ccc5c4c3)c3ccccc3-c3ccccc3)cc2-c2c(-c3cccc4oc5ccccc5c34)cccc21. The highest BCUT2D eigenvalue weighted by atomic mass is 32.1. The first-order valence-electron chi connectivity index (χ1n) is 20.7. The lowest BCUT2D eigenvalue weighted by Gasteiger charge is -2.29. The molecule has 1 aliphatic carbocycles. The van der Waals surface area contributed by atoms with Gasteiger partial charge in [-0.2, -0.15) is 0 Å². The molecule has 60 heavy (non-hydrogen) atoms. The second-order valence-corrected chi connectivity index (χ2v) is 17.5. The van der Waals surface area contributed by atoms with Gasteiger partial charge in [0.25, 0.3) is 0 Å². The van der Waals surface area contributed by atoms with Gasteiger partial charge in [0.05, 0.1) is 5.69 Å². The van der Waals surface area contributed by atoms with E-state index in [1.165, 1.54) is 75.8 Å². The highest BCUT2D eigenvalue weighted by Crippen LogP contribution is 2.55. The molecule has 2 aromatic heterocycles. The Morgan fingerprint density at radius 3 is 1.97 bits per heavy atom. The Kier molecular flexibility index (Phi) is 7.79. The molecule has 2 heterocycles. The monoisotopic (exact) mass is 785 g/mol. The summed E-state index contributed by atoms with van der Waals surface area (Å²) in [5, 5.41) is 4.85. The summed E-state index contributed by atoms with van der Waals surface area (Å²) in [6.45, 7) is 4.74. The summed E-state index contributed by atoms with van der Waals surface area (Å²) in [5.41, 5.74) is 17.5. The number of thiophene rings is 1. The average Bonchev–Trinajstić information content (AvgIpc) is 3.94. The van der Waals surface area contributed by atoms with Gasteiger partial charge in [0.2, 0.25) is 0 Å². The highest BCUT2D eigenvalue weighted by Gasteiger charge is 2.38. The largest absolute Gasteiger partial charge is 0.456 e. The second kappa shape index (κ2) is 13.4. The van der Waals surface area contributed by atoms with Crippen LogP contribution < -0.4 is 4.90 Å². The molecule has 0 radical (unpaired) electrons. The van der Waals surface area contributed by atoms with E-state index in [1.54, 1.807) is 0 Å². The standard InChI is InChI=1S/C57H39NOS/c1-57(2)48-31-28-39(35-47(48)55-43(21-13-23-49(55)57)44-22-14-26-52-56(44)45-20-10-12-25-51(45)59-52)58(50-24-11-9-19-41(50)37-17-7-4-8-18-37)40-29-32-53-46(34-40)42-30-27-38(33-54(42)60-53)36-15-5-3-6-16-36/h3-35H,1-2H3. The van der Waals surface area contributed by atoms with Crippen LogP contribution in [0.3, 0.4) is 0 Å². The van der Waals surface area contributed by atoms with Crippen LogP contribution in [0.25, 0.3) is 86.6 Å². The van der Waals surface area contributed by atoms with Crippen molar-refractivity contribution in [2.24, 2.45) is 0 Å². The average molecular weight is 786 g/mol. The van der Waals surface area contributed by atoms with Crippen molar-refractivity contribution in [2.75, 3.05) is 4.90 Å². The van der Waals surface area contributed by atoms with Crippen molar-refractivity contribution in [3.8, 4) is 44.5 Å². The maximum absolute atomic E-state index is 6.41. The molecule has 0 spiro atoms. The van der Waals surface area contributed by atoms with E-state index in [2.05, 4.69) is 213 Å². The fourth-order valence-electron chi connectivity index (χ4n) is 9.83. The first kappa shape index (κ1) is 34.8. The third kappa shape index (κ3) is 5.33. The molecule has 0 atom stereocenters. The number of para-hydroxylation sites is 2. The molecule has 9 aromatic carbocycles. The Hall–Kier alpha value is -7.20. The van der Waals surface area contributed by atoms with Gasteiger partial charge in [0.15, 0.2) is 0 Å². The van der Waals surface area contributed by atoms with Gasteiger partial charge in [-0.3, -0.25) is 0 Å². The minimum Gasteiger partial charge on any atom is -0.456 e. The Labute approximate surface area is 353 Å². The van der Waals surface area contributed by atoms with Crippen molar-refractivity contribution in [2.45, 2.75) is 19.3 Å². The molecule has 0 amide bonds. The fourth-order valence-corrected chi connectivity index (χ4v) is 11.0. The summed E-state index contributed by atoms with van der Waals surface area (Å²) in [6.07, 6.45) is 0. The highest BCUT2D eigenvalue weighted by molar-refractivity contribution is 7.25. The molecule has 11 aromatic rings. The number of rotatable bonds is 6. The molecule has 0 N–H and O–H groups in total. The molecule has 12 rings (SSSR count). The van der Waals surface area contributed by atoms with Gasteiger partial charge in [-0.15, -0.1) is 11.3 Å². The van der Waals surface area contributed by atoms with Crippen LogP contribution in [0.1, 0.15) is 25.0 Å². The number of hydrogen-bond donors (Lipinski definition) is 0. The van der Waals surface area contributed by atoms with Crippen LogP contribution in [0.15, 0.2) is 205 Å². The molecule has 2 nitrogen and oxygen atoms in total. The number of furan rings is 1. The van der Waals surface area contributed by atoms with Gasteiger partial charge in [0, 0.05) is 53.3 Å². The van der Waals surface area contributed by atoms with E-state index in [1.807, 2.05) is 17.4 Å². The van der Waals surface area contributed by atoms with Crippen LogP contribution in [0.5, 0.6) is 0 Å². The molecule has 3 heteroatoms. The quantitative estimate of drug-likeness (QED) is 0.167. The maximum atomic E-state index is 6.41. The van der Waals surface area contributed by atoms with E-state index in [0.29, 0.717) is 0 Å². The van der Waals surface area contributed by atoms with Crippen LogP contribution in [-0.4, -0.2) is 0 Å². The van der Waals surface area contributed by atoms with E-state index in [0.717, 1.165) is 39.0 Å². The molecule has 0 saturated carbocycles. The fraction of sp³-hybridized carbons (Fsp3) is 0.0526. The third-order valence-corrected chi connectivity index (χ3v) is 13.8. The predicted molar refractivity (Wildman–Crippen MR) is 255 cm³/mol. The predicted octanol–water partition coefficient (Wildman–Crippen LogP) is 16.7. The van der Waals surface area contributed by atoms with Crippen LogP contribution in [0.4, 0.5) is 17.1 Å². The van der Waals surface area contributed by atoms with Crippen LogP contribution in [0.2, 0.25) is 0 Å². The molecular formula is C57H39NOS. The van der Waals surface area contributed by atoms with Crippen molar-refractivity contribution in [3.05, 3.63) is 211 Å². The molecular weight excluding hydrogens is 747 g/mol. The van der Waals surface area contributed by atoms with Crippen molar-refractivity contribution < 1.29 is 4.42 Å². The van der Waals surface area contributed by atoms with Crippen LogP contribution in [0, 0.1) is 0 Å². The zero-order valence-electron chi connectivity index (χ0n) is 33.3. The summed E-state index contributed by atoms with van der Waals surface area (Å²) in [5.74, 6) is 0. The molecule has 0 aliphatic heterocycles. The van der Waals surface area contributed by atoms with Crippen molar-refractivity contribution in [1.82, 2.24) is 0 Å². The summed E-state index contributed by atoms with van der Waals surface area (Å²) in [4.78, 5) is 2.47. The number of anilines is 3. The van der Waals surface area contributed by atoms with Crippen molar-refractivity contribution in [3.63, 3.8) is 0 Å². The Balaban J connectivity index is 1.08. The zero-order chi connectivity index (χ0) is 40.0. The van der Waals surface area contributed by atoms with Gasteiger partial charge >= 0.3 is 0 Å². The third-order valence-electron chi connectivity index (χ3n) is 12.7. The lowest BCUT2D eigenvalue weighted by Crippen LogP contribution is -2.15. The number of benzene rings is 9. The normalized spacial score (nSPS) is 13.0. The van der Waals surface area contributed by atoms with E-state index < -0.39 is 0 Å². The number of hydrogen-bond acceptors (Lipinski definition) is 3. The minimum atomic E-state index is -0.189. The molecule has 0 unspecified atom stereocenters. The number of fused-ring (bicyclic) bond motifs is 9. The summed E-state index contributed by atoms with van der Waals surface area (Å²) >= 11 is 1.87. The lowest BCUT2D eigenvalue weighted by molar-refractivity contribution is 0.660. The molecule has 0 saturated heterocycles. The van der Waals surface area contributed by atoms with Gasteiger partial charge in [-0.1, -0.05) is 159 Å². The number of nitrogens with zero attached hydrogens (tertiary/aromatic N) is 1. The zero-order valence-corrected chi connectivity index (χ0v) is 34.1. The molecule has 0 fully saturated rings. The smallest absolute Gasteiger partial charge is 0.136 e. The summed E-state index contributed by atoms with van der Waals surface area (Å²) < 4.78 is 8.99. The van der Waals surface area contributed by atoms with Crippen LogP contribution >= 0.6 is 11.3 Å². The Morgan fingerprint density at radius 2 is 1.10 bits per heavy atom. The first-order chi connectivity index (χ1) is 29.5. The van der Waals surface area contributed by atoms with Gasteiger partial charge in [0.1, 0.15) is 11.2 Å². The Bertz CT molecular complexity index is 3460. The van der Waals surface area contributed by atoms with E-state index in [4.69, 9.17) is 4.42 Å². The van der Waals surface area contributed by atoms with Gasteiger partial charge < -0.3 is 9.32 Å². The first-order valence-corrected chi connectivity index (χ1v) is 21.5. The van der Waals surface area contributed by atoms with Gasteiger partial charge in [-0.25, -0.2) is 0 Å². The topological polar surface area (TPSA) is 16.4 Å². The minimum absolute atomic E-state index is 0.189. The second-order valence-electron chi connectivity index (χ2n) is 16.4. The maximum Gasteiger partial charge on any atom is 0.136 e. The summed E-state index contributed by atoms with van der Waals surface area (Å²) in [7, 11) is 0. The molecule has 284 valence electrons. The van der Waals surface area contributed by atoms with Crippen molar-refractivity contribution >= 4 is 70.5 Å².